The van der Waals surface area contributed by atoms with Crippen LogP contribution in [0.3, 0.4) is 0 Å². The van der Waals surface area contributed by atoms with E-state index in [1.54, 1.807) is 18.2 Å². The molecule has 2 aromatic carbocycles. The predicted molar refractivity (Wildman–Crippen MR) is 122 cm³/mol. The van der Waals surface area contributed by atoms with E-state index in [9.17, 15) is 13.2 Å². The Bertz CT molecular complexity index is 835. The number of sulfone groups is 1. The summed E-state index contributed by atoms with van der Waals surface area (Å²) in [5, 5.41) is 2.89. The largest absolute Gasteiger partial charge is 0.352 e. The highest BCUT2D eigenvalue weighted by Crippen LogP contribution is 2.42. The van der Waals surface area contributed by atoms with Gasteiger partial charge in [-0.25, -0.2) is 8.42 Å². The maximum absolute atomic E-state index is 11.7. The van der Waals surface area contributed by atoms with E-state index in [2.05, 4.69) is 60.0 Å². The van der Waals surface area contributed by atoms with Crippen LogP contribution in [0.1, 0.15) is 35.7 Å². The maximum atomic E-state index is 11.7. The van der Waals surface area contributed by atoms with Gasteiger partial charge in [-0.15, -0.1) is 0 Å². The Kier molecular flexibility index (Phi) is 10.2. The van der Waals surface area contributed by atoms with E-state index in [0.29, 0.717) is 0 Å². The Morgan fingerprint density at radius 2 is 1.67 bits per heavy atom. The van der Waals surface area contributed by atoms with E-state index in [1.807, 2.05) is 31.2 Å². The number of aryl methyl sites for hydroxylation is 1. The number of alkyl halides is 3. The number of rotatable bonds is 5. The van der Waals surface area contributed by atoms with Gasteiger partial charge in [-0.3, -0.25) is 4.79 Å². The van der Waals surface area contributed by atoms with Crippen LogP contribution in [0.4, 0.5) is 0 Å². The van der Waals surface area contributed by atoms with Gasteiger partial charge < -0.3 is 5.32 Å². The Hall–Kier alpha value is -0.700. The highest BCUT2D eigenvalue weighted by Gasteiger charge is 2.36. The third-order valence-corrected chi connectivity index (χ3v) is 8.79. The number of carbonyl (C=O) groups excluding carboxylic acids is 1. The number of nitrogens with one attached hydrogen (secondary N) is 1. The van der Waals surface area contributed by atoms with Crippen LogP contribution in [-0.4, -0.2) is 22.3 Å². The van der Waals surface area contributed by atoms with Crippen molar-refractivity contribution < 1.29 is 13.2 Å². The van der Waals surface area contributed by atoms with Crippen molar-refractivity contribution in [3.05, 3.63) is 65.7 Å². The molecule has 0 atom stereocenters. The van der Waals surface area contributed by atoms with Gasteiger partial charge in [0, 0.05) is 12.1 Å². The number of hydrogen-bond acceptors (Lipinski definition) is 3. The van der Waals surface area contributed by atoms with Gasteiger partial charge in [0.05, 0.1) is 4.90 Å². The first-order valence-electron chi connectivity index (χ1n) is 8.31. The predicted octanol–water partition coefficient (Wildman–Crippen LogP) is 5.78. The zero-order valence-corrected chi connectivity index (χ0v) is 20.7. The van der Waals surface area contributed by atoms with Gasteiger partial charge in [0.2, 0.25) is 11.3 Å². The molecule has 2 rings (SSSR count). The van der Waals surface area contributed by atoms with Gasteiger partial charge >= 0.3 is 0 Å². The van der Waals surface area contributed by atoms with Gasteiger partial charge in [-0.05, 0) is 85.4 Å². The van der Waals surface area contributed by atoms with Crippen LogP contribution in [0.25, 0.3) is 0 Å². The molecule has 0 saturated heterocycles. The normalized spacial score (nSPS) is 11.3. The number of benzene rings is 2. The quantitative estimate of drug-likeness (QED) is 0.358. The molecule has 148 valence electrons. The highest BCUT2D eigenvalue weighted by atomic mass is 80.0. The summed E-state index contributed by atoms with van der Waals surface area (Å²) in [5.41, 5.74) is 1.87. The minimum absolute atomic E-state index is 0.0298. The molecule has 2 aromatic rings. The lowest BCUT2D eigenvalue weighted by molar-refractivity contribution is 0.0953. The summed E-state index contributed by atoms with van der Waals surface area (Å²) in [5.74, 6) is 0.0298. The lowest BCUT2D eigenvalue weighted by atomic mass is 10.1. The molecular weight excluding hydrogens is 562 g/mol. The molecular formula is C19H22Br3NO3S. The van der Waals surface area contributed by atoms with Crippen molar-refractivity contribution >= 4 is 63.5 Å². The summed E-state index contributed by atoms with van der Waals surface area (Å²) in [6.45, 7) is 4.87. The van der Waals surface area contributed by atoms with Crippen LogP contribution in [0.2, 0.25) is 0 Å². The average Bonchev–Trinajstić information content (AvgIpc) is 2.62. The average molecular weight is 584 g/mol. The summed E-state index contributed by atoms with van der Waals surface area (Å²) in [6.07, 6.45) is 2.14. The molecule has 0 radical (unpaired) electrons. The third-order valence-electron chi connectivity index (χ3n) is 3.45. The molecule has 4 nitrogen and oxygen atoms in total. The monoisotopic (exact) mass is 581 g/mol. The number of hydrogen-bond donors (Lipinski definition) is 1. The van der Waals surface area contributed by atoms with E-state index in [1.165, 1.54) is 12.1 Å². The minimum Gasteiger partial charge on any atom is -0.352 e. The zero-order chi connectivity index (χ0) is 20.5. The molecule has 1 N–H and O–H groups in total. The second kappa shape index (κ2) is 11.3. The standard InChI is InChI=1S/C12H17NO.C7H5Br3O2S/c1-3-4-8-13-12(14)11-7-5-6-10(2)9-11;8-7(9,10)13(11,12)6-4-2-1-3-5-6/h5-7,9H,3-4,8H2,1-2H3,(H,13,14);1-5H. The Labute approximate surface area is 186 Å². The smallest absolute Gasteiger partial charge is 0.251 e. The van der Waals surface area contributed by atoms with E-state index in [0.717, 1.165) is 30.5 Å². The van der Waals surface area contributed by atoms with Crippen LogP contribution < -0.4 is 5.32 Å². The first-order valence-corrected chi connectivity index (χ1v) is 12.2. The summed E-state index contributed by atoms with van der Waals surface area (Å²) in [4.78, 5) is 11.8. The van der Waals surface area contributed by atoms with Crippen molar-refractivity contribution in [3.63, 3.8) is 0 Å². The van der Waals surface area contributed by atoms with Gasteiger partial charge in [0.25, 0.3) is 5.91 Å². The fourth-order valence-electron chi connectivity index (χ4n) is 2.00. The van der Waals surface area contributed by atoms with Crippen molar-refractivity contribution in [1.82, 2.24) is 5.32 Å². The first kappa shape index (κ1) is 24.3. The van der Waals surface area contributed by atoms with Crippen molar-refractivity contribution in [3.8, 4) is 0 Å². The van der Waals surface area contributed by atoms with Crippen molar-refractivity contribution in [2.24, 2.45) is 0 Å². The second-order valence-corrected chi connectivity index (χ2v) is 16.2. The zero-order valence-electron chi connectivity index (χ0n) is 15.1. The molecule has 0 bridgehead atoms. The molecule has 0 aliphatic carbocycles. The van der Waals surface area contributed by atoms with Crippen LogP contribution >= 0.6 is 47.8 Å². The molecule has 0 unspecified atom stereocenters. The molecule has 27 heavy (non-hydrogen) atoms. The lowest BCUT2D eigenvalue weighted by Gasteiger charge is -2.12. The van der Waals surface area contributed by atoms with Crippen LogP contribution in [0, 0.1) is 6.92 Å². The van der Waals surface area contributed by atoms with Crippen LogP contribution in [0.15, 0.2) is 59.5 Å². The molecule has 0 spiro atoms. The fourth-order valence-corrected chi connectivity index (χ4v) is 4.47. The Morgan fingerprint density at radius 3 is 2.19 bits per heavy atom. The molecule has 8 heteroatoms. The minimum atomic E-state index is -3.43. The Morgan fingerprint density at radius 1 is 1.04 bits per heavy atom. The SMILES string of the molecule is CCCCNC(=O)c1cccc(C)c1.O=S(=O)(c1ccccc1)C(Br)(Br)Br. The van der Waals surface area contributed by atoms with Gasteiger partial charge in [-0.1, -0.05) is 49.2 Å². The molecule has 1 amide bonds. The Balaban J connectivity index is 0.000000271. The maximum Gasteiger partial charge on any atom is 0.251 e. The lowest BCUT2D eigenvalue weighted by Crippen LogP contribution is -2.24. The molecule has 0 aromatic heterocycles. The summed E-state index contributed by atoms with van der Waals surface area (Å²) in [6, 6.07) is 15.8. The third kappa shape index (κ3) is 8.05. The number of carbonyl (C=O) groups is 1. The molecule has 0 saturated carbocycles. The van der Waals surface area contributed by atoms with Crippen molar-refractivity contribution in [1.29, 1.82) is 0 Å². The van der Waals surface area contributed by atoms with Gasteiger partial charge in [-0.2, -0.15) is 0 Å². The van der Waals surface area contributed by atoms with Crippen LogP contribution in [-0.2, 0) is 9.84 Å². The van der Waals surface area contributed by atoms with Crippen LogP contribution in [0.5, 0.6) is 0 Å². The first-order chi connectivity index (χ1) is 12.6. The number of amides is 1. The summed E-state index contributed by atoms with van der Waals surface area (Å²) < 4.78 is 22.1. The van der Waals surface area contributed by atoms with E-state index in [-0.39, 0.29) is 10.8 Å². The molecule has 0 aliphatic rings. The van der Waals surface area contributed by atoms with E-state index < -0.39 is 11.3 Å². The molecule has 0 aliphatic heterocycles. The summed E-state index contributed by atoms with van der Waals surface area (Å²) in [7, 11) is -3.43. The second-order valence-electron chi connectivity index (χ2n) is 5.74. The van der Waals surface area contributed by atoms with Crippen molar-refractivity contribution in [2.75, 3.05) is 6.54 Å². The van der Waals surface area contributed by atoms with Gasteiger partial charge in [0.1, 0.15) is 0 Å². The number of unbranched alkanes of at least 4 members (excludes halogenated alkanes) is 1. The fraction of sp³-hybridized carbons (Fsp3) is 0.316. The molecule has 0 fully saturated rings. The van der Waals surface area contributed by atoms with Gasteiger partial charge in [0.15, 0.2) is 0 Å². The summed E-state index contributed by atoms with van der Waals surface area (Å²) >= 11 is 8.95. The van der Waals surface area contributed by atoms with Crippen molar-refractivity contribution in [2.45, 2.75) is 33.1 Å². The molecule has 0 heterocycles. The highest BCUT2D eigenvalue weighted by molar-refractivity contribution is 9.42. The van der Waals surface area contributed by atoms with E-state index in [4.69, 9.17) is 0 Å². The number of halogens is 3. The van der Waals surface area contributed by atoms with E-state index >= 15 is 0 Å². The topological polar surface area (TPSA) is 63.2 Å².